The van der Waals surface area contributed by atoms with Gasteiger partial charge in [0, 0.05) is 43.4 Å². The van der Waals surface area contributed by atoms with Crippen molar-refractivity contribution in [2.75, 3.05) is 27.9 Å². The minimum absolute atomic E-state index is 0.0712. The van der Waals surface area contributed by atoms with E-state index in [0.29, 0.717) is 0 Å². The first-order valence-electron chi connectivity index (χ1n) is 16.4. The lowest BCUT2D eigenvalue weighted by molar-refractivity contribution is -0.236. The van der Waals surface area contributed by atoms with Crippen LogP contribution in [0.4, 0.5) is 0 Å². The Labute approximate surface area is 301 Å². The van der Waals surface area contributed by atoms with Crippen LogP contribution in [0.1, 0.15) is 82.3 Å². The van der Waals surface area contributed by atoms with Gasteiger partial charge in [-0.25, -0.2) is 4.79 Å². The molecule has 53 heavy (non-hydrogen) atoms. The van der Waals surface area contributed by atoms with Crippen molar-refractivity contribution in [3.05, 3.63) is 68.4 Å². The molecule has 1 aliphatic heterocycles. The minimum Gasteiger partial charge on any atom is -0.506 e. The van der Waals surface area contributed by atoms with Gasteiger partial charge in [0.1, 0.15) is 35.4 Å². The van der Waals surface area contributed by atoms with E-state index < -0.39 is 129 Å². The van der Waals surface area contributed by atoms with E-state index in [1.54, 1.807) is 6.92 Å². The predicted octanol–water partition coefficient (Wildman–Crippen LogP) is -0.470. The van der Waals surface area contributed by atoms with Gasteiger partial charge in [-0.2, -0.15) is 0 Å². The summed E-state index contributed by atoms with van der Waals surface area (Å²) in [6.07, 6.45) is -6.32. The SMILES string of the molecule is COC(=O)c1c(C)cc2c(c1OCC(N)=O)[C@]1(O)C(=O)c3cc4c(c(O)c3C(=O)[C@]1(C)[C@H](O)C2)C(=O)C=C(NC1O[C@@H](C)[C@H](OC)[C@@H](O)[C@H]1OC)C4=O. The van der Waals surface area contributed by atoms with Gasteiger partial charge in [-0.15, -0.1) is 0 Å². The maximum Gasteiger partial charge on any atom is 0.341 e. The summed E-state index contributed by atoms with van der Waals surface area (Å²) in [6.45, 7) is 3.33. The number of esters is 1. The quantitative estimate of drug-likeness (QED) is 0.187. The third-order valence-electron chi connectivity index (χ3n) is 10.7. The Morgan fingerprint density at radius 2 is 1.68 bits per heavy atom. The molecule has 1 saturated heterocycles. The first kappa shape index (κ1) is 37.7. The van der Waals surface area contributed by atoms with Gasteiger partial charge in [-0.3, -0.25) is 24.0 Å². The number of hydrogen-bond acceptors (Lipinski definition) is 16. The van der Waals surface area contributed by atoms with Gasteiger partial charge in [0.15, 0.2) is 30.0 Å². The number of allylic oxidation sites excluding steroid dienone is 2. The molecule has 0 spiro atoms. The Kier molecular flexibility index (Phi) is 9.33. The fourth-order valence-corrected chi connectivity index (χ4v) is 8.01. The van der Waals surface area contributed by atoms with E-state index in [4.69, 9.17) is 29.4 Å². The number of aliphatic hydroxyl groups excluding tert-OH is 2. The van der Waals surface area contributed by atoms with Crippen LogP contribution in [0.2, 0.25) is 0 Å². The molecule has 0 bridgehead atoms. The van der Waals surface area contributed by atoms with E-state index >= 15 is 0 Å². The zero-order valence-electron chi connectivity index (χ0n) is 29.5. The molecular weight excluding hydrogens is 700 g/mol. The Morgan fingerprint density at radius 1 is 1.02 bits per heavy atom. The molecule has 0 saturated carbocycles. The number of primary amides is 1. The number of aliphatic hydroxyl groups is 3. The Bertz CT molecular complexity index is 2040. The van der Waals surface area contributed by atoms with Crippen LogP contribution >= 0.6 is 0 Å². The van der Waals surface area contributed by atoms with Gasteiger partial charge < -0.3 is 55.2 Å². The smallest absolute Gasteiger partial charge is 0.341 e. The summed E-state index contributed by atoms with van der Waals surface area (Å²) in [4.78, 5) is 81.8. The highest BCUT2D eigenvalue weighted by Crippen LogP contribution is 2.59. The number of nitrogens with two attached hydrogens (primary N) is 1. The largest absolute Gasteiger partial charge is 0.506 e. The first-order valence-corrected chi connectivity index (χ1v) is 16.4. The van der Waals surface area contributed by atoms with Crippen molar-refractivity contribution in [3.8, 4) is 11.5 Å². The number of amides is 1. The summed E-state index contributed by atoms with van der Waals surface area (Å²) in [7, 11) is 3.72. The molecule has 8 atom stereocenters. The highest BCUT2D eigenvalue weighted by Gasteiger charge is 2.69. The van der Waals surface area contributed by atoms with Gasteiger partial charge in [0.2, 0.25) is 11.6 Å². The molecule has 2 aromatic carbocycles. The average molecular weight is 739 g/mol. The average Bonchev–Trinajstić information content (AvgIpc) is 3.09. The lowest BCUT2D eigenvalue weighted by Gasteiger charge is -2.52. The van der Waals surface area contributed by atoms with Crippen LogP contribution in [0.15, 0.2) is 23.9 Å². The van der Waals surface area contributed by atoms with Gasteiger partial charge >= 0.3 is 5.97 Å². The fraction of sp³-hybridized carbons (Fsp3) is 0.444. The maximum absolute atomic E-state index is 14.8. The summed E-state index contributed by atoms with van der Waals surface area (Å²) in [5.74, 6) is -7.89. The van der Waals surface area contributed by atoms with E-state index in [9.17, 15) is 49.2 Å². The molecule has 2 aromatic rings. The molecule has 282 valence electrons. The molecule has 0 aromatic heterocycles. The summed E-state index contributed by atoms with van der Waals surface area (Å²) in [6, 6.07) is 2.26. The minimum atomic E-state index is -3.06. The molecule has 17 heteroatoms. The number of aryl methyl sites for hydroxylation is 1. The number of benzene rings is 2. The second-order valence-electron chi connectivity index (χ2n) is 13.6. The van der Waals surface area contributed by atoms with E-state index in [2.05, 4.69) is 5.32 Å². The number of ether oxygens (including phenoxy) is 5. The van der Waals surface area contributed by atoms with E-state index in [1.807, 2.05) is 0 Å². The highest BCUT2D eigenvalue weighted by atomic mass is 16.6. The normalized spacial score (nSPS) is 30.4. The zero-order valence-corrected chi connectivity index (χ0v) is 29.5. The van der Waals surface area contributed by atoms with E-state index in [-0.39, 0.29) is 28.8 Å². The van der Waals surface area contributed by atoms with E-state index in [0.717, 1.165) is 26.2 Å². The first-order chi connectivity index (χ1) is 24.9. The van der Waals surface area contributed by atoms with Crippen LogP contribution in [0, 0.1) is 12.3 Å². The molecule has 3 aliphatic carbocycles. The van der Waals surface area contributed by atoms with Crippen LogP contribution < -0.4 is 15.8 Å². The molecule has 1 heterocycles. The van der Waals surface area contributed by atoms with Crippen molar-refractivity contribution in [1.29, 1.82) is 0 Å². The van der Waals surface area contributed by atoms with E-state index in [1.165, 1.54) is 27.2 Å². The monoisotopic (exact) mass is 738 g/mol. The number of hydrogen-bond donors (Lipinski definition) is 6. The molecule has 6 rings (SSSR count). The fourth-order valence-electron chi connectivity index (χ4n) is 8.01. The third kappa shape index (κ3) is 5.21. The van der Waals surface area contributed by atoms with Crippen molar-refractivity contribution >= 4 is 35.0 Å². The number of methoxy groups -OCH3 is 3. The second kappa shape index (κ2) is 13.1. The van der Waals surface area contributed by atoms with Crippen molar-refractivity contribution in [2.45, 2.75) is 69.5 Å². The van der Waals surface area contributed by atoms with Crippen LogP contribution in [0.3, 0.4) is 0 Å². The summed E-state index contributed by atoms with van der Waals surface area (Å²) >= 11 is 0. The number of ketones is 4. The topological polar surface area (TPSA) is 268 Å². The number of aromatic hydroxyl groups is 1. The molecular formula is C36H38N2O15. The standard InChI is InChI=1S/C36H38N2O15/c1-12-7-14-8-19(40)35(3)32(46)23-16(31(45)36(35,48)24(14)29(52-11-20(37)41)21(12)34(47)51-6)9-15-22(26(23)43)18(39)10-17(25(15)42)38-33-30(50-5)27(44)28(49-4)13(2)53-33/h7,9-10,13,19,27-28,30,33,38,40,43-44,48H,8,11H2,1-6H3,(H2,37,41)/t13-,19+,27+,28-,30+,33?,35-,36-/m0/s1. The highest BCUT2D eigenvalue weighted by molar-refractivity contribution is 6.30. The van der Waals surface area contributed by atoms with Crippen molar-refractivity contribution in [3.63, 3.8) is 0 Å². The van der Waals surface area contributed by atoms with Crippen LogP contribution in [-0.4, -0.2) is 120 Å². The number of Topliss-reactive ketones (excluding diaryl/α,β-unsaturated/α-hetero) is 3. The molecule has 1 amide bonds. The molecule has 4 aliphatic rings. The van der Waals surface area contributed by atoms with Crippen LogP contribution in [-0.2, 0) is 35.8 Å². The predicted molar refractivity (Wildman–Crippen MR) is 178 cm³/mol. The summed E-state index contributed by atoms with van der Waals surface area (Å²) in [5, 5.41) is 49.4. The van der Waals surface area contributed by atoms with Crippen LogP contribution in [0.5, 0.6) is 11.5 Å². The number of carbonyl (C=O) groups is 6. The lowest BCUT2D eigenvalue weighted by atomic mass is 9.51. The van der Waals surface area contributed by atoms with Crippen molar-refractivity contribution in [1.82, 2.24) is 5.32 Å². The number of carbonyl (C=O) groups excluding carboxylic acids is 6. The number of nitrogens with one attached hydrogen (secondary N) is 1. The molecule has 1 unspecified atom stereocenters. The van der Waals surface area contributed by atoms with Crippen molar-refractivity contribution < 1.29 is 72.9 Å². The number of fused-ring (bicyclic) bond motifs is 5. The number of rotatable bonds is 8. The third-order valence-corrected chi connectivity index (χ3v) is 10.7. The van der Waals surface area contributed by atoms with Crippen LogP contribution in [0.25, 0.3) is 0 Å². The Hall–Kier alpha value is -5.04. The zero-order chi connectivity index (χ0) is 39.1. The summed E-state index contributed by atoms with van der Waals surface area (Å²) in [5.41, 5.74) is -3.62. The lowest BCUT2D eigenvalue weighted by Crippen LogP contribution is -2.65. The molecule has 1 fully saturated rings. The maximum atomic E-state index is 14.8. The summed E-state index contributed by atoms with van der Waals surface area (Å²) < 4.78 is 27.2. The van der Waals surface area contributed by atoms with Gasteiger partial charge in [-0.1, -0.05) is 6.07 Å². The second-order valence-corrected chi connectivity index (χ2v) is 13.6. The van der Waals surface area contributed by atoms with Gasteiger partial charge in [0.25, 0.3) is 5.91 Å². The van der Waals surface area contributed by atoms with Gasteiger partial charge in [-0.05, 0) is 38.0 Å². The molecule has 17 nitrogen and oxygen atoms in total. The molecule has 0 radical (unpaired) electrons. The number of phenols is 1. The Balaban J connectivity index is 1.52. The number of phenolic OH excluding ortho intramolecular Hbond substituents is 1. The molecule has 7 N–H and O–H groups in total. The van der Waals surface area contributed by atoms with Crippen molar-refractivity contribution in [2.24, 2.45) is 11.1 Å². The Morgan fingerprint density at radius 3 is 2.28 bits per heavy atom. The van der Waals surface area contributed by atoms with Gasteiger partial charge in [0.05, 0.1) is 41.6 Å².